The lowest BCUT2D eigenvalue weighted by atomic mass is 10.1. The molecule has 7 heteroatoms. The lowest BCUT2D eigenvalue weighted by Crippen LogP contribution is -2.18. The molecule has 0 saturated carbocycles. The quantitative estimate of drug-likeness (QED) is 0.621. The summed E-state index contributed by atoms with van der Waals surface area (Å²) in [5, 5.41) is 12.2. The highest BCUT2D eigenvalue weighted by molar-refractivity contribution is 7.99. The van der Waals surface area contributed by atoms with Crippen LogP contribution in [0.15, 0.2) is 34.2 Å². The smallest absolute Gasteiger partial charge is 0.269 e. The van der Waals surface area contributed by atoms with Crippen LogP contribution in [0.2, 0.25) is 0 Å². The van der Waals surface area contributed by atoms with E-state index in [2.05, 4.69) is 15.3 Å². The first kappa shape index (κ1) is 17.8. The summed E-state index contributed by atoms with van der Waals surface area (Å²) in [4.78, 5) is 30.7. The van der Waals surface area contributed by atoms with Crippen molar-refractivity contribution in [3.8, 4) is 6.07 Å². The Morgan fingerprint density at radius 2 is 2.08 bits per heavy atom. The van der Waals surface area contributed by atoms with Gasteiger partial charge < -0.3 is 10.3 Å². The van der Waals surface area contributed by atoms with Crippen LogP contribution >= 0.6 is 11.8 Å². The third-order valence-corrected chi connectivity index (χ3v) is 4.30. The lowest BCUT2D eigenvalue weighted by molar-refractivity contribution is -0.113. The Morgan fingerprint density at radius 3 is 2.75 bits per heavy atom. The van der Waals surface area contributed by atoms with Crippen molar-refractivity contribution < 1.29 is 4.79 Å². The molecule has 0 atom stereocenters. The van der Waals surface area contributed by atoms with E-state index in [1.165, 1.54) is 0 Å². The van der Waals surface area contributed by atoms with Crippen LogP contribution < -0.4 is 10.9 Å². The minimum atomic E-state index is -0.469. The third-order valence-electron chi connectivity index (χ3n) is 3.43. The molecule has 0 bridgehead atoms. The summed E-state index contributed by atoms with van der Waals surface area (Å²) < 4.78 is 0. The number of hydrogen-bond donors (Lipinski definition) is 2. The summed E-state index contributed by atoms with van der Waals surface area (Å²) in [5.41, 5.74) is 1.86. The van der Waals surface area contributed by atoms with E-state index >= 15 is 0 Å². The van der Waals surface area contributed by atoms with E-state index < -0.39 is 5.56 Å². The molecule has 1 aromatic heterocycles. The molecule has 124 valence electrons. The number of nitrogens with one attached hydrogen (secondary N) is 2. The monoisotopic (exact) mass is 342 g/mol. The van der Waals surface area contributed by atoms with E-state index in [4.69, 9.17) is 5.26 Å². The molecule has 2 rings (SSSR count). The number of thioether (sulfide) groups is 1. The van der Waals surface area contributed by atoms with Gasteiger partial charge in [0.2, 0.25) is 5.91 Å². The number of nitriles is 1. The average Bonchev–Trinajstić information content (AvgIpc) is 2.59. The van der Waals surface area contributed by atoms with Crippen LogP contribution in [-0.2, 0) is 17.6 Å². The normalized spacial score (nSPS) is 10.2. The first-order chi connectivity index (χ1) is 11.6. The van der Waals surface area contributed by atoms with Crippen LogP contribution in [0.5, 0.6) is 0 Å². The highest BCUT2D eigenvalue weighted by Crippen LogP contribution is 2.17. The second-order valence-electron chi connectivity index (χ2n) is 5.01. The summed E-state index contributed by atoms with van der Waals surface area (Å²) in [6, 6.07) is 9.49. The van der Waals surface area contributed by atoms with Crippen LogP contribution in [0, 0.1) is 11.3 Å². The molecule has 0 unspecified atom stereocenters. The number of H-pyrrole nitrogens is 1. The standard InChI is InChI=1S/C17H18N4O2S/c1-3-11-7-5-6-8-14(11)19-15(22)10-24-17-20-13(4-2)12(9-18)16(23)21-17/h5-8H,3-4,10H2,1-2H3,(H,19,22)(H,20,21,23). The van der Waals surface area contributed by atoms with Gasteiger partial charge in [-0.1, -0.05) is 43.8 Å². The molecule has 0 spiro atoms. The molecule has 0 fully saturated rings. The fourth-order valence-corrected chi connectivity index (χ4v) is 2.89. The number of carbonyl (C=O) groups excluding carboxylic acids is 1. The van der Waals surface area contributed by atoms with E-state index in [9.17, 15) is 9.59 Å². The molecule has 24 heavy (non-hydrogen) atoms. The number of para-hydroxylation sites is 1. The second kappa shape index (κ2) is 8.31. The number of anilines is 1. The topological polar surface area (TPSA) is 98.6 Å². The summed E-state index contributed by atoms with van der Waals surface area (Å²) >= 11 is 1.14. The van der Waals surface area contributed by atoms with Crippen LogP contribution in [0.4, 0.5) is 5.69 Å². The molecular weight excluding hydrogens is 324 g/mol. The van der Waals surface area contributed by atoms with Gasteiger partial charge in [-0.3, -0.25) is 9.59 Å². The fraction of sp³-hybridized carbons (Fsp3) is 0.294. The Labute approximate surface area is 144 Å². The second-order valence-corrected chi connectivity index (χ2v) is 5.97. The van der Waals surface area contributed by atoms with E-state index in [0.29, 0.717) is 17.3 Å². The fourth-order valence-electron chi connectivity index (χ4n) is 2.21. The first-order valence-corrected chi connectivity index (χ1v) is 8.61. The van der Waals surface area contributed by atoms with Crippen molar-refractivity contribution in [2.24, 2.45) is 0 Å². The minimum Gasteiger partial charge on any atom is -0.325 e. The van der Waals surface area contributed by atoms with Crippen molar-refractivity contribution in [2.45, 2.75) is 31.8 Å². The number of nitrogens with zero attached hydrogens (tertiary/aromatic N) is 2. The largest absolute Gasteiger partial charge is 0.325 e. The SMILES string of the molecule is CCc1ccccc1NC(=O)CSc1nc(CC)c(C#N)c(=O)[nH]1. The number of benzene rings is 1. The van der Waals surface area contributed by atoms with E-state index in [1.807, 2.05) is 44.2 Å². The van der Waals surface area contributed by atoms with Gasteiger partial charge in [0.05, 0.1) is 11.4 Å². The zero-order chi connectivity index (χ0) is 17.5. The Morgan fingerprint density at radius 1 is 1.33 bits per heavy atom. The van der Waals surface area contributed by atoms with Crippen molar-refractivity contribution in [1.82, 2.24) is 9.97 Å². The first-order valence-electron chi connectivity index (χ1n) is 7.62. The molecule has 1 heterocycles. The summed E-state index contributed by atoms with van der Waals surface area (Å²) in [6.45, 7) is 3.85. The van der Waals surface area contributed by atoms with Gasteiger partial charge in [-0.25, -0.2) is 4.98 Å². The number of rotatable bonds is 6. The third kappa shape index (κ3) is 4.24. The zero-order valence-electron chi connectivity index (χ0n) is 13.5. The maximum atomic E-state index is 12.1. The number of aromatic nitrogens is 2. The van der Waals surface area contributed by atoms with Crippen LogP contribution in [0.1, 0.15) is 30.7 Å². The number of aromatic amines is 1. The van der Waals surface area contributed by atoms with Crippen molar-refractivity contribution >= 4 is 23.4 Å². The molecule has 0 aliphatic heterocycles. The van der Waals surface area contributed by atoms with E-state index in [1.54, 1.807) is 0 Å². The highest BCUT2D eigenvalue weighted by atomic mass is 32.2. The van der Waals surface area contributed by atoms with Crippen molar-refractivity contribution in [3.05, 3.63) is 51.4 Å². The maximum Gasteiger partial charge on any atom is 0.269 e. The van der Waals surface area contributed by atoms with Gasteiger partial charge in [0.25, 0.3) is 5.56 Å². The van der Waals surface area contributed by atoms with Gasteiger partial charge in [-0.05, 0) is 24.5 Å². The van der Waals surface area contributed by atoms with Gasteiger partial charge in [0.15, 0.2) is 5.16 Å². The van der Waals surface area contributed by atoms with Gasteiger partial charge in [0, 0.05) is 5.69 Å². The molecule has 0 saturated heterocycles. The molecule has 1 amide bonds. The number of hydrogen-bond acceptors (Lipinski definition) is 5. The summed E-state index contributed by atoms with van der Waals surface area (Å²) in [5.74, 6) is -0.0540. The van der Waals surface area contributed by atoms with Crippen LogP contribution in [0.3, 0.4) is 0 Å². The molecule has 2 aromatic rings. The molecule has 1 aromatic carbocycles. The van der Waals surface area contributed by atoms with Crippen LogP contribution in [-0.4, -0.2) is 21.6 Å². The van der Waals surface area contributed by atoms with Gasteiger partial charge in [-0.15, -0.1) is 0 Å². The zero-order valence-corrected chi connectivity index (χ0v) is 14.4. The Hall–Kier alpha value is -2.59. The molecule has 2 N–H and O–H groups in total. The van der Waals surface area contributed by atoms with Crippen molar-refractivity contribution in [1.29, 1.82) is 5.26 Å². The molecular formula is C17H18N4O2S. The highest BCUT2D eigenvalue weighted by Gasteiger charge is 2.12. The molecule has 6 nitrogen and oxygen atoms in total. The molecule has 0 radical (unpaired) electrons. The Balaban J connectivity index is 2.06. The van der Waals surface area contributed by atoms with Gasteiger partial charge in [0.1, 0.15) is 11.6 Å². The number of carbonyl (C=O) groups is 1. The Kier molecular flexibility index (Phi) is 6.15. The minimum absolute atomic E-state index is 0.0307. The van der Waals surface area contributed by atoms with Crippen molar-refractivity contribution in [2.75, 3.05) is 11.1 Å². The van der Waals surface area contributed by atoms with Gasteiger partial charge >= 0.3 is 0 Å². The van der Waals surface area contributed by atoms with Crippen molar-refractivity contribution in [3.63, 3.8) is 0 Å². The van der Waals surface area contributed by atoms with Gasteiger partial charge in [-0.2, -0.15) is 5.26 Å². The van der Waals surface area contributed by atoms with E-state index in [-0.39, 0.29) is 17.2 Å². The maximum absolute atomic E-state index is 12.1. The van der Waals surface area contributed by atoms with Crippen LogP contribution in [0.25, 0.3) is 0 Å². The molecule has 0 aliphatic rings. The summed E-state index contributed by atoms with van der Waals surface area (Å²) in [6.07, 6.45) is 1.31. The predicted molar refractivity (Wildman–Crippen MR) is 94.1 cm³/mol. The Bertz CT molecular complexity index is 839. The number of aryl methyl sites for hydroxylation is 2. The lowest BCUT2D eigenvalue weighted by Gasteiger charge is -2.09. The average molecular weight is 342 g/mol. The van der Waals surface area contributed by atoms with E-state index in [0.717, 1.165) is 29.4 Å². The predicted octanol–water partition coefficient (Wildman–Crippen LogP) is 2.50. The molecule has 0 aliphatic carbocycles. The summed E-state index contributed by atoms with van der Waals surface area (Å²) in [7, 11) is 0. The number of amides is 1.